The van der Waals surface area contributed by atoms with Gasteiger partial charge in [-0.05, 0) is 25.7 Å². The molecule has 0 saturated heterocycles. The Morgan fingerprint density at radius 2 is 0.839 bits per heavy atom. The number of carbonyl (C=O) groups is 4. The number of ether oxygens (including phenoxy) is 11. The smallest absolute Gasteiger partial charge is 0.407 e. The number of alkyl carbamates (subject to hydrolysis) is 1. The van der Waals surface area contributed by atoms with Crippen LogP contribution >= 0.6 is 0 Å². The van der Waals surface area contributed by atoms with Gasteiger partial charge < -0.3 is 62.3 Å². The topological polar surface area (TPSA) is 194 Å². The first-order valence-electron chi connectivity index (χ1n) is 23.2. The molecular formula is C44H84N2O16. The van der Waals surface area contributed by atoms with Gasteiger partial charge in [0.25, 0.3) is 12.3 Å². The lowest BCUT2D eigenvalue weighted by molar-refractivity contribution is -0.196. The largest absolute Gasteiger partial charge is 0.441 e. The summed E-state index contributed by atoms with van der Waals surface area (Å²) in [5.41, 5.74) is 0. The highest BCUT2D eigenvalue weighted by atomic mass is 16.7. The molecule has 0 aliphatic heterocycles. The van der Waals surface area contributed by atoms with Crippen molar-refractivity contribution in [3.8, 4) is 0 Å². The van der Waals surface area contributed by atoms with Gasteiger partial charge in [-0.25, -0.2) is 9.59 Å². The molecule has 0 aliphatic rings. The lowest BCUT2D eigenvalue weighted by Gasteiger charge is -2.19. The van der Waals surface area contributed by atoms with Crippen LogP contribution in [0.15, 0.2) is 0 Å². The molecule has 0 heterocycles. The minimum atomic E-state index is -0.686. The Labute approximate surface area is 372 Å². The third-order valence-corrected chi connectivity index (χ3v) is 8.81. The van der Waals surface area contributed by atoms with Crippen LogP contribution in [-0.4, -0.2) is 174 Å². The minimum Gasteiger partial charge on any atom is -0.441 e. The normalized spacial score (nSPS) is 11.3. The summed E-state index contributed by atoms with van der Waals surface area (Å²) in [6, 6.07) is 0. The zero-order valence-electron chi connectivity index (χ0n) is 38.6. The Morgan fingerprint density at radius 1 is 0.468 bits per heavy atom. The second-order valence-electron chi connectivity index (χ2n) is 14.3. The van der Waals surface area contributed by atoms with Crippen molar-refractivity contribution in [1.82, 2.24) is 10.4 Å². The second kappa shape index (κ2) is 49.5. The van der Waals surface area contributed by atoms with E-state index < -0.39 is 24.1 Å². The van der Waals surface area contributed by atoms with Gasteiger partial charge in [0.2, 0.25) is 0 Å². The van der Waals surface area contributed by atoms with Crippen molar-refractivity contribution in [2.75, 3.05) is 139 Å². The van der Waals surface area contributed by atoms with Crippen LogP contribution in [0.5, 0.6) is 0 Å². The molecule has 0 unspecified atom stereocenters. The van der Waals surface area contributed by atoms with E-state index in [1.807, 2.05) is 0 Å². The number of rotatable bonds is 49. The maximum atomic E-state index is 12.5. The highest BCUT2D eigenvalue weighted by Gasteiger charge is 2.17. The van der Waals surface area contributed by atoms with E-state index in [1.54, 1.807) is 6.92 Å². The lowest BCUT2D eigenvalue weighted by Crippen LogP contribution is -2.35. The Balaban J connectivity index is 4.20. The van der Waals surface area contributed by atoms with Gasteiger partial charge >= 0.3 is 12.1 Å². The number of unbranched alkanes of at least 4 members (excludes halogenated alkanes) is 10. The average molecular weight is 897 g/mol. The van der Waals surface area contributed by atoms with Crippen LogP contribution in [0.1, 0.15) is 117 Å². The van der Waals surface area contributed by atoms with Crippen LogP contribution in [0.25, 0.3) is 0 Å². The van der Waals surface area contributed by atoms with Gasteiger partial charge in [-0.2, -0.15) is 0 Å². The van der Waals surface area contributed by atoms with E-state index in [-0.39, 0.29) is 45.7 Å². The van der Waals surface area contributed by atoms with E-state index in [0.717, 1.165) is 26.1 Å². The van der Waals surface area contributed by atoms with Crippen LogP contribution in [0.2, 0.25) is 0 Å². The predicted octanol–water partition coefficient (Wildman–Crippen LogP) is 5.60. The fourth-order valence-electron chi connectivity index (χ4n) is 5.32. The first-order chi connectivity index (χ1) is 30.5. The highest BCUT2D eigenvalue weighted by molar-refractivity contribution is 5.86. The maximum Gasteiger partial charge on any atom is 0.407 e. The molecular weight excluding hydrogens is 812 g/mol. The van der Waals surface area contributed by atoms with Crippen molar-refractivity contribution < 1.29 is 76.1 Å². The molecule has 0 aromatic rings. The molecule has 18 nitrogen and oxygen atoms in total. The quantitative estimate of drug-likeness (QED) is 0.0450. The SMILES string of the molecule is CCCCCCCOCCOCCOCCOCCOCC(COCCOCCOCCOCCOCCCCCCC)OC(=O)NCCCCCC(=O)ON(C=O)C(=O)CC. The van der Waals surface area contributed by atoms with Crippen LogP contribution in [0.4, 0.5) is 4.79 Å². The Bertz CT molecular complexity index is 957. The number of amides is 3. The molecule has 0 radical (unpaired) electrons. The van der Waals surface area contributed by atoms with E-state index >= 15 is 0 Å². The molecule has 0 saturated carbocycles. The summed E-state index contributed by atoms with van der Waals surface area (Å²) < 4.78 is 61.5. The fraction of sp³-hybridized carbons (Fsp3) is 0.909. The summed E-state index contributed by atoms with van der Waals surface area (Å²) in [7, 11) is 0. The van der Waals surface area contributed by atoms with Crippen LogP contribution < -0.4 is 5.32 Å². The predicted molar refractivity (Wildman–Crippen MR) is 232 cm³/mol. The number of nitrogens with one attached hydrogen (secondary N) is 1. The number of imide groups is 1. The van der Waals surface area contributed by atoms with Crippen molar-refractivity contribution in [3.63, 3.8) is 0 Å². The van der Waals surface area contributed by atoms with Gasteiger partial charge in [0.15, 0.2) is 6.10 Å². The first kappa shape index (κ1) is 59.5. The zero-order chi connectivity index (χ0) is 45.2. The third-order valence-electron chi connectivity index (χ3n) is 8.81. The lowest BCUT2D eigenvalue weighted by atomic mass is 10.2. The Morgan fingerprint density at radius 3 is 1.23 bits per heavy atom. The molecule has 0 aromatic carbocycles. The number of hydroxylamine groups is 2. The average Bonchev–Trinajstić information content (AvgIpc) is 3.27. The van der Waals surface area contributed by atoms with E-state index in [0.29, 0.717) is 123 Å². The molecule has 62 heavy (non-hydrogen) atoms. The summed E-state index contributed by atoms with van der Waals surface area (Å²) in [5.74, 6) is -1.29. The maximum absolute atomic E-state index is 12.5. The first-order valence-corrected chi connectivity index (χ1v) is 23.2. The number of hydrogen-bond donors (Lipinski definition) is 1. The van der Waals surface area contributed by atoms with Gasteiger partial charge in [-0.1, -0.05) is 78.6 Å². The van der Waals surface area contributed by atoms with Crippen molar-refractivity contribution in [2.24, 2.45) is 0 Å². The van der Waals surface area contributed by atoms with Crippen molar-refractivity contribution >= 4 is 24.4 Å². The van der Waals surface area contributed by atoms with Gasteiger partial charge in [-0.15, -0.1) is 5.06 Å². The minimum absolute atomic E-state index is 0.0190. The summed E-state index contributed by atoms with van der Waals surface area (Å²) in [6.07, 6.45) is 12.7. The Hall–Kier alpha value is -2.52. The molecule has 0 rings (SSSR count). The molecule has 1 N–H and O–H groups in total. The molecule has 0 bridgehead atoms. The molecule has 0 fully saturated rings. The number of nitrogens with zero attached hydrogens (tertiary/aromatic N) is 1. The fourth-order valence-corrected chi connectivity index (χ4v) is 5.32. The van der Waals surface area contributed by atoms with Gasteiger partial charge in [0, 0.05) is 32.6 Å². The van der Waals surface area contributed by atoms with Crippen LogP contribution in [-0.2, 0) is 71.3 Å². The van der Waals surface area contributed by atoms with E-state index in [4.69, 9.17) is 56.9 Å². The zero-order valence-corrected chi connectivity index (χ0v) is 38.6. The number of hydrogen-bond acceptors (Lipinski definition) is 16. The van der Waals surface area contributed by atoms with Gasteiger partial charge in [0.1, 0.15) is 0 Å². The van der Waals surface area contributed by atoms with Crippen molar-refractivity contribution in [3.05, 3.63) is 0 Å². The second-order valence-corrected chi connectivity index (χ2v) is 14.3. The van der Waals surface area contributed by atoms with Gasteiger partial charge in [0.05, 0.1) is 119 Å². The molecule has 0 spiro atoms. The van der Waals surface area contributed by atoms with Crippen LogP contribution in [0, 0.1) is 0 Å². The van der Waals surface area contributed by atoms with Crippen molar-refractivity contribution in [2.45, 2.75) is 123 Å². The molecule has 0 aromatic heterocycles. The molecule has 366 valence electrons. The number of carbonyl (C=O) groups excluding carboxylic acids is 4. The van der Waals surface area contributed by atoms with Crippen LogP contribution in [0.3, 0.4) is 0 Å². The Kier molecular flexibility index (Phi) is 47.5. The van der Waals surface area contributed by atoms with Gasteiger partial charge in [-0.3, -0.25) is 9.59 Å². The van der Waals surface area contributed by atoms with Crippen molar-refractivity contribution in [1.29, 1.82) is 0 Å². The molecule has 0 aliphatic carbocycles. The van der Waals surface area contributed by atoms with E-state index in [1.165, 1.54) is 51.4 Å². The summed E-state index contributed by atoms with van der Waals surface area (Å²) in [6.45, 7) is 15.1. The molecule has 18 heteroatoms. The summed E-state index contributed by atoms with van der Waals surface area (Å²) in [5, 5.41) is 3.09. The molecule has 0 atom stereocenters. The summed E-state index contributed by atoms with van der Waals surface area (Å²) in [4.78, 5) is 51.7. The highest BCUT2D eigenvalue weighted by Crippen LogP contribution is 2.05. The standard InChI is InChI=1S/C44H84N2O16/c1-4-7-9-11-16-20-51-22-24-53-26-28-55-30-32-57-34-36-59-38-41(61-44(50)45-19-15-13-14-18-43(49)62-46(40-47)42(48)6-3)39-60-37-35-58-33-31-56-29-27-54-25-23-52-21-17-12-10-8-5-2/h40-41H,4-39H2,1-3H3,(H,45,50). The van der Waals surface area contributed by atoms with E-state index in [2.05, 4.69) is 19.2 Å². The van der Waals surface area contributed by atoms with E-state index in [9.17, 15) is 19.2 Å². The third kappa shape index (κ3) is 44.1. The molecule has 3 amide bonds. The monoisotopic (exact) mass is 897 g/mol. The summed E-state index contributed by atoms with van der Waals surface area (Å²) >= 11 is 0.